The second-order valence-electron chi connectivity index (χ2n) is 9.51. The molecule has 6 nitrogen and oxygen atoms in total. The Morgan fingerprint density at radius 2 is 1.76 bits per heavy atom. The molecule has 4 rings (SSSR count). The molecule has 1 saturated carbocycles. The van der Waals surface area contributed by atoms with Crippen LogP contribution in [0.1, 0.15) is 62.1 Å². The maximum Gasteiger partial charge on any atom is 0.242 e. The number of rotatable bonds is 8. The van der Waals surface area contributed by atoms with Crippen LogP contribution < -0.4 is 14.8 Å². The summed E-state index contributed by atoms with van der Waals surface area (Å²) < 4.78 is 11.3. The molecule has 0 unspecified atom stereocenters. The zero-order chi connectivity index (χ0) is 23.9. The second kappa shape index (κ2) is 11.4. The van der Waals surface area contributed by atoms with Gasteiger partial charge in [0.05, 0.1) is 0 Å². The summed E-state index contributed by atoms with van der Waals surface area (Å²) >= 11 is 0. The summed E-state index contributed by atoms with van der Waals surface area (Å²) in [5.41, 5.74) is 3.19. The van der Waals surface area contributed by atoms with Crippen LogP contribution in [0.5, 0.6) is 11.5 Å². The average molecular weight is 465 g/mol. The largest absolute Gasteiger partial charge is 0.486 e. The first-order chi connectivity index (χ1) is 16.5. The minimum atomic E-state index is -0.532. The van der Waals surface area contributed by atoms with E-state index in [-0.39, 0.29) is 17.9 Å². The molecule has 2 aromatic rings. The number of benzene rings is 2. The Labute approximate surface area is 202 Å². The number of ether oxygens (including phenoxy) is 2. The first kappa shape index (κ1) is 24.1. The molecular weight excluding hydrogens is 428 g/mol. The van der Waals surface area contributed by atoms with E-state index in [0.29, 0.717) is 32.6 Å². The minimum absolute atomic E-state index is 0.0253. The molecule has 1 aliphatic carbocycles. The predicted molar refractivity (Wildman–Crippen MR) is 132 cm³/mol. The number of carbonyl (C=O) groups is 2. The quantitative estimate of drug-likeness (QED) is 0.622. The fourth-order valence-corrected chi connectivity index (χ4v) is 4.80. The highest BCUT2D eigenvalue weighted by Crippen LogP contribution is 2.31. The van der Waals surface area contributed by atoms with Crippen molar-refractivity contribution in [2.24, 2.45) is 0 Å². The van der Waals surface area contributed by atoms with Gasteiger partial charge in [-0.05, 0) is 56.4 Å². The van der Waals surface area contributed by atoms with Crippen LogP contribution in [0.25, 0.3) is 0 Å². The monoisotopic (exact) mass is 464 g/mol. The molecule has 0 radical (unpaired) electrons. The molecule has 6 heteroatoms. The Balaban J connectivity index is 1.44. The van der Waals surface area contributed by atoms with Gasteiger partial charge in [-0.2, -0.15) is 0 Å². The van der Waals surface area contributed by atoms with Gasteiger partial charge in [0.2, 0.25) is 11.8 Å². The lowest BCUT2D eigenvalue weighted by Gasteiger charge is -2.31. The van der Waals surface area contributed by atoms with E-state index in [2.05, 4.69) is 11.4 Å². The van der Waals surface area contributed by atoms with E-state index in [1.165, 1.54) is 6.42 Å². The highest BCUT2D eigenvalue weighted by Gasteiger charge is 2.28. The first-order valence-electron chi connectivity index (χ1n) is 12.5. The number of hydrogen-bond acceptors (Lipinski definition) is 4. The summed E-state index contributed by atoms with van der Waals surface area (Å²) in [7, 11) is 0. The van der Waals surface area contributed by atoms with E-state index in [9.17, 15) is 9.59 Å². The zero-order valence-electron chi connectivity index (χ0n) is 20.3. The smallest absolute Gasteiger partial charge is 0.242 e. The molecule has 0 aromatic heterocycles. The van der Waals surface area contributed by atoms with Crippen molar-refractivity contribution in [3.05, 3.63) is 59.2 Å². The van der Waals surface area contributed by atoms with Gasteiger partial charge in [-0.15, -0.1) is 0 Å². The summed E-state index contributed by atoms with van der Waals surface area (Å²) in [6.07, 6.45) is 6.49. The van der Waals surface area contributed by atoms with E-state index in [1.54, 1.807) is 4.90 Å². The predicted octanol–water partition coefficient (Wildman–Crippen LogP) is 4.57. The van der Waals surface area contributed by atoms with Gasteiger partial charge in [0.1, 0.15) is 19.3 Å². The third-order valence-electron chi connectivity index (χ3n) is 6.79. The summed E-state index contributed by atoms with van der Waals surface area (Å²) in [4.78, 5) is 28.3. The van der Waals surface area contributed by atoms with Crippen LogP contribution in [0.2, 0.25) is 0 Å². The number of aryl methyl sites for hydroxylation is 2. The number of nitrogens with zero attached hydrogens (tertiary/aromatic N) is 1. The molecule has 1 heterocycles. The van der Waals surface area contributed by atoms with Crippen LogP contribution in [0.4, 0.5) is 0 Å². The van der Waals surface area contributed by atoms with Gasteiger partial charge >= 0.3 is 0 Å². The van der Waals surface area contributed by atoms with Crippen molar-refractivity contribution in [3.63, 3.8) is 0 Å². The highest BCUT2D eigenvalue weighted by atomic mass is 16.6. The van der Waals surface area contributed by atoms with Crippen LogP contribution >= 0.6 is 0 Å². The van der Waals surface area contributed by atoms with Crippen molar-refractivity contribution in [2.45, 2.75) is 77.4 Å². The van der Waals surface area contributed by atoms with E-state index in [1.807, 2.05) is 50.2 Å². The van der Waals surface area contributed by atoms with Gasteiger partial charge in [0, 0.05) is 19.0 Å². The molecule has 182 valence electrons. The third kappa shape index (κ3) is 6.31. The number of amides is 2. The van der Waals surface area contributed by atoms with Crippen molar-refractivity contribution in [1.29, 1.82) is 0 Å². The van der Waals surface area contributed by atoms with Gasteiger partial charge in [-0.1, -0.05) is 55.2 Å². The van der Waals surface area contributed by atoms with Gasteiger partial charge in [0.15, 0.2) is 11.5 Å². The molecule has 2 amide bonds. The summed E-state index contributed by atoms with van der Waals surface area (Å²) in [5.74, 6) is 1.39. The van der Waals surface area contributed by atoms with Gasteiger partial charge in [0.25, 0.3) is 0 Å². The Morgan fingerprint density at radius 3 is 2.53 bits per heavy atom. The van der Waals surface area contributed by atoms with Crippen molar-refractivity contribution < 1.29 is 19.1 Å². The van der Waals surface area contributed by atoms with Crippen LogP contribution in [0, 0.1) is 6.92 Å². The van der Waals surface area contributed by atoms with Crippen LogP contribution in [0.15, 0.2) is 42.5 Å². The van der Waals surface area contributed by atoms with Crippen molar-refractivity contribution in [1.82, 2.24) is 10.2 Å². The van der Waals surface area contributed by atoms with Crippen molar-refractivity contribution >= 4 is 11.8 Å². The normalized spacial score (nSPS) is 16.5. The summed E-state index contributed by atoms with van der Waals surface area (Å²) in [6.45, 7) is 5.39. The lowest BCUT2D eigenvalue weighted by molar-refractivity contribution is -0.141. The van der Waals surface area contributed by atoms with Crippen molar-refractivity contribution in [3.8, 4) is 11.5 Å². The fraction of sp³-hybridized carbons (Fsp3) is 0.500. The van der Waals surface area contributed by atoms with E-state index in [0.717, 1.165) is 53.9 Å². The molecule has 2 aliphatic rings. The molecule has 0 spiro atoms. The third-order valence-corrected chi connectivity index (χ3v) is 6.79. The maximum absolute atomic E-state index is 13.4. The van der Waals surface area contributed by atoms with Gasteiger partial charge < -0.3 is 19.7 Å². The average Bonchev–Trinajstić information content (AvgIpc) is 2.86. The van der Waals surface area contributed by atoms with Gasteiger partial charge in [-0.25, -0.2) is 0 Å². The van der Waals surface area contributed by atoms with Crippen molar-refractivity contribution in [2.75, 3.05) is 13.2 Å². The molecule has 34 heavy (non-hydrogen) atoms. The Hall–Kier alpha value is -3.02. The lowest BCUT2D eigenvalue weighted by atomic mass is 9.95. The second-order valence-corrected chi connectivity index (χ2v) is 9.51. The van der Waals surface area contributed by atoms with E-state index in [4.69, 9.17) is 9.47 Å². The van der Waals surface area contributed by atoms with Crippen LogP contribution in [0.3, 0.4) is 0 Å². The Morgan fingerprint density at radius 1 is 1.00 bits per heavy atom. The molecule has 0 saturated heterocycles. The maximum atomic E-state index is 13.4. The number of nitrogens with one attached hydrogen (secondary N) is 1. The molecule has 1 aliphatic heterocycles. The Kier molecular flexibility index (Phi) is 8.09. The zero-order valence-corrected chi connectivity index (χ0v) is 20.3. The molecule has 1 fully saturated rings. The fourth-order valence-electron chi connectivity index (χ4n) is 4.80. The SMILES string of the molecule is Cc1cccc(CN(C(=O)CCc2ccc3c(c2)OCCO3)[C@@H](C)C(=O)NC2CCCCC2)c1. The number of fused-ring (bicyclic) bond motifs is 1. The molecule has 0 bridgehead atoms. The first-order valence-corrected chi connectivity index (χ1v) is 12.5. The highest BCUT2D eigenvalue weighted by molar-refractivity contribution is 5.87. The topological polar surface area (TPSA) is 67.9 Å². The molecule has 1 N–H and O–H groups in total. The summed E-state index contributed by atoms with van der Waals surface area (Å²) in [5, 5.41) is 3.20. The van der Waals surface area contributed by atoms with E-state index < -0.39 is 6.04 Å². The van der Waals surface area contributed by atoms with Crippen LogP contribution in [-0.2, 0) is 22.6 Å². The van der Waals surface area contributed by atoms with Gasteiger partial charge in [-0.3, -0.25) is 9.59 Å². The minimum Gasteiger partial charge on any atom is -0.486 e. The number of carbonyl (C=O) groups excluding carboxylic acids is 2. The lowest BCUT2D eigenvalue weighted by Crippen LogP contribution is -2.50. The molecule has 1 atom stereocenters. The van der Waals surface area contributed by atoms with E-state index >= 15 is 0 Å². The molecule has 2 aromatic carbocycles. The molecular formula is C28H36N2O4. The standard InChI is InChI=1S/C28H36N2O4/c1-20-7-6-8-23(17-20)19-30(21(2)28(32)29-24-9-4-3-5-10-24)27(31)14-12-22-11-13-25-26(18-22)34-16-15-33-25/h6-8,11,13,17-18,21,24H,3-5,9-10,12,14-16,19H2,1-2H3,(H,29,32)/t21-/m0/s1. The number of hydrogen-bond donors (Lipinski definition) is 1. The Bertz CT molecular complexity index is 1000. The van der Waals surface area contributed by atoms with Crippen LogP contribution in [-0.4, -0.2) is 42.0 Å². The summed E-state index contributed by atoms with van der Waals surface area (Å²) in [6, 6.07) is 13.6.